The summed E-state index contributed by atoms with van der Waals surface area (Å²) in [6.07, 6.45) is 4.79. The molecule has 0 spiro atoms. The predicted molar refractivity (Wildman–Crippen MR) is 110 cm³/mol. The van der Waals surface area contributed by atoms with Crippen LogP contribution in [0.5, 0.6) is 0 Å². The van der Waals surface area contributed by atoms with E-state index >= 15 is 0 Å². The quantitative estimate of drug-likeness (QED) is 0.394. The van der Waals surface area contributed by atoms with Crippen LogP contribution in [0, 0.1) is 10.1 Å². The van der Waals surface area contributed by atoms with Crippen molar-refractivity contribution in [3.05, 3.63) is 33.9 Å². The summed E-state index contributed by atoms with van der Waals surface area (Å²) in [5.41, 5.74) is 0.263. The summed E-state index contributed by atoms with van der Waals surface area (Å²) in [4.78, 5) is 48.6. The van der Waals surface area contributed by atoms with Crippen LogP contribution in [0.1, 0.15) is 56.3 Å². The lowest BCUT2D eigenvalue weighted by Crippen LogP contribution is -2.44. The molecule has 1 saturated heterocycles. The zero-order valence-corrected chi connectivity index (χ0v) is 17.3. The van der Waals surface area contributed by atoms with Gasteiger partial charge in [-0.2, -0.15) is 0 Å². The Morgan fingerprint density at radius 3 is 2.47 bits per heavy atom. The highest BCUT2D eigenvalue weighted by Crippen LogP contribution is 2.31. The summed E-state index contributed by atoms with van der Waals surface area (Å²) in [7, 11) is 0. The molecule has 0 aliphatic carbocycles. The Morgan fingerprint density at radius 1 is 1.20 bits per heavy atom. The van der Waals surface area contributed by atoms with Crippen LogP contribution in [0.3, 0.4) is 0 Å². The van der Waals surface area contributed by atoms with E-state index in [-0.39, 0.29) is 17.3 Å². The second-order valence-corrected chi connectivity index (χ2v) is 7.27. The van der Waals surface area contributed by atoms with E-state index in [4.69, 9.17) is 4.74 Å². The fourth-order valence-electron chi connectivity index (χ4n) is 3.11. The first kappa shape index (κ1) is 23.1. The Bertz CT molecular complexity index is 790. The first-order chi connectivity index (χ1) is 14.3. The number of nitrogens with zero attached hydrogens (tertiary/aromatic N) is 2. The van der Waals surface area contributed by atoms with E-state index < -0.39 is 29.4 Å². The largest absolute Gasteiger partial charge is 0.452 e. The fraction of sp³-hybridized carbons (Fsp3) is 0.550. The number of carbonyl (C=O) groups excluding carboxylic acids is 3. The standard InChI is InChI=1S/C20H28N4O6/c1-3-14(2)21-20(27)22-18(25)13-30-19(26)15-8-9-16(17(12-15)24(28)29)23-10-6-4-5-7-11-23/h8-9,12,14H,3-7,10-11,13H2,1-2H3,(H2,21,22,25,27)/t14-/m0/s1. The Morgan fingerprint density at radius 2 is 1.87 bits per heavy atom. The van der Waals surface area contributed by atoms with Crippen LogP contribution in [0.2, 0.25) is 0 Å². The Labute approximate surface area is 175 Å². The van der Waals surface area contributed by atoms with Gasteiger partial charge in [-0.1, -0.05) is 19.8 Å². The summed E-state index contributed by atoms with van der Waals surface area (Å²) >= 11 is 0. The Balaban J connectivity index is 2.00. The molecule has 2 rings (SSSR count). The van der Waals surface area contributed by atoms with E-state index in [0.29, 0.717) is 12.1 Å². The highest BCUT2D eigenvalue weighted by Gasteiger charge is 2.23. The number of nitrogens with one attached hydrogen (secondary N) is 2. The van der Waals surface area contributed by atoms with Crippen molar-refractivity contribution < 1.29 is 24.0 Å². The fourth-order valence-corrected chi connectivity index (χ4v) is 3.11. The van der Waals surface area contributed by atoms with Crippen LogP contribution in [0.25, 0.3) is 0 Å². The van der Waals surface area contributed by atoms with Crippen LogP contribution in [0.4, 0.5) is 16.2 Å². The second-order valence-electron chi connectivity index (χ2n) is 7.27. The number of anilines is 1. The molecular weight excluding hydrogens is 392 g/mol. The van der Waals surface area contributed by atoms with Crippen molar-refractivity contribution in [2.45, 2.75) is 52.0 Å². The van der Waals surface area contributed by atoms with Crippen molar-refractivity contribution >= 4 is 29.3 Å². The zero-order valence-electron chi connectivity index (χ0n) is 17.3. The molecule has 0 saturated carbocycles. The van der Waals surface area contributed by atoms with E-state index in [1.807, 2.05) is 11.8 Å². The normalized spacial score (nSPS) is 14.9. The summed E-state index contributed by atoms with van der Waals surface area (Å²) in [6, 6.07) is 3.37. The number of amides is 3. The number of hydrogen-bond donors (Lipinski definition) is 2. The predicted octanol–water partition coefficient (Wildman–Crippen LogP) is 2.76. The van der Waals surface area contributed by atoms with Gasteiger partial charge in [0.05, 0.1) is 10.5 Å². The zero-order chi connectivity index (χ0) is 22.1. The molecule has 30 heavy (non-hydrogen) atoms. The number of hydrogen-bond acceptors (Lipinski definition) is 7. The first-order valence-corrected chi connectivity index (χ1v) is 10.1. The number of carbonyl (C=O) groups is 3. The van der Waals surface area contributed by atoms with E-state index in [0.717, 1.165) is 44.8 Å². The van der Waals surface area contributed by atoms with Gasteiger partial charge in [-0.25, -0.2) is 9.59 Å². The molecule has 1 aliphatic heterocycles. The molecule has 10 nitrogen and oxygen atoms in total. The molecule has 1 fully saturated rings. The number of ether oxygens (including phenoxy) is 1. The van der Waals surface area contributed by atoms with Gasteiger partial charge >= 0.3 is 12.0 Å². The highest BCUT2D eigenvalue weighted by molar-refractivity contribution is 5.97. The summed E-state index contributed by atoms with van der Waals surface area (Å²) in [6.45, 7) is 4.44. The molecule has 1 aliphatic rings. The Hall–Kier alpha value is -3.17. The number of urea groups is 1. The van der Waals surface area contributed by atoms with E-state index in [2.05, 4.69) is 10.6 Å². The van der Waals surface area contributed by atoms with Gasteiger partial charge in [0.2, 0.25) is 0 Å². The lowest BCUT2D eigenvalue weighted by molar-refractivity contribution is -0.384. The molecule has 164 valence electrons. The van der Waals surface area contributed by atoms with Crippen LogP contribution in [-0.2, 0) is 9.53 Å². The third-order valence-electron chi connectivity index (χ3n) is 4.93. The lowest BCUT2D eigenvalue weighted by atomic mass is 10.1. The van der Waals surface area contributed by atoms with Gasteiger partial charge < -0.3 is 15.0 Å². The van der Waals surface area contributed by atoms with Crippen molar-refractivity contribution in [3.63, 3.8) is 0 Å². The van der Waals surface area contributed by atoms with Gasteiger partial charge in [-0.3, -0.25) is 20.2 Å². The number of nitro groups is 1. The average Bonchev–Trinajstić information content (AvgIpc) is 3.00. The maximum Gasteiger partial charge on any atom is 0.338 e. The molecule has 1 heterocycles. The lowest BCUT2D eigenvalue weighted by Gasteiger charge is -2.22. The van der Waals surface area contributed by atoms with Gasteiger partial charge in [0.15, 0.2) is 6.61 Å². The van der Waals surface area contributed by atoms with Crippen molar-refractivity contribution in [1.82, 2.24) is 10.6 Å². The minimum absolute atomic E-state index is 0.0304. The Kier molecular flexibility index (Phi) is 8.57. The number of esters is 1. The topological polar surface area (TPSA) is 131 Å². The van der Waals surface area contributed by atoms with Gasteiger partial charge in [0.1, 0.15) is 5.69 Å². The molecule has 1 atom stereocenters. The van der Waals surface area contributed by atoms with Gasteiger partial charge in [0, 0.05) is 25.2 Å². The molecule has 0 bridgehead atoms. The van der Waals surface area contributed by atoms with Gasteiger partial charge in [0.25, 0.3) is 11.6 Å². The molecule has 1 aromatic carbocycles. The van der Waals surface area contributed by atoms with Crippen LogP contribution in [0.15, 0.2) is 18.2 Å². The van der Waals surface area contributed by atoms with Crippen LogP contribution >= 0.6 is 0 Å². The number of rotatable bonds is 7. The van der Waals surface area contributed by atoms with Gasteiger partial charge in [-0.05, 0) is 38.3 Å². The molecule has 0 unspecified atom stereocenters. The summed E-state index contributed by atoms with van der Waals surface area (Å²) in [5, 5.41) is 16.2. The molecule has 10 heteroatoms. The first-order valence-electron chi connectivity index (χ1n) is 10.1. The maximum atomic E-state index is 12.2. The average molecular weight is 420 g/mol. The van der Waals surface area contributed by atoms with Crippen molar-refractivity contribution in [2.75, 3.05) is 24.6 Å². The molecule has 2 N–H and O–H groups in total. The van der Waals surface area contributed by atoms with E-state index in [1.54, 1.807) is 13.0 Å². The second kappa shape index (κ2) is 11.1. The van der Waals surface area contributed by atoms with E-state index in [1.165, 1.54) is 6.07 Å². The van der Waals surface area contributed by atoms with Crippen molar-refractivity contribution in [2.24, 2.45) is 0 Å². The molecular formula is C20H28N4O6. The molecule has 0 radical (unpaired) electrons. The molecule has 0 aromatic heterocycles. The van der Waals surface area contributed by atoms with Crippen molar-refractivity contribution in [1.29, 1.82) is 0 Å². The summed E-state index contributed by atoms with van der Waals surface area (Å²) in [5.74, 6) is -1.67. The highest BCUT2D eigenvalue weighted by atomic mass is 16.6. The molecule has 3 amide bonds. The minimum atomic E-state index is -0.877. The SMILES string of the molecule is CC[C@H](C)NC(=O)NC(=O)COC(=O)c1ccc(N2CCCCCC2)c([N+](=O)[O-])c1. The number of nitro benzene ring substituents is 1. The van der Waals surface area contributed by atoms with Crippen molar-refractivity contribution in [3.8, 4) is 0 Å². The van der Waals surface area contributed by atoms with E-state index in [9.17, 15) is 24.5 Å². The smallest absolute Gasteiger partial charge is 0.338 e. The monoisotopic (exact) mass is 420 g/mol. The minimum Gasteiger partial charge on any atom is -0.452 e. The van der Waals surface area contributed by atoms with Crippen LogP contribution in [-0.4, -0.2) is 48.6 Å². The third kappa shape index (κ3) is 6.71. The number of imide groups is 1. The van der Waals surface area contributed by atoms with Crippen LogP contribution < -0.4 is 15.5 Å². The number of benzene rings is 1. The summed E-state index contributed by atoms with van der Waals surface area (Å²) < 4.78 is 4.89. The van der Waals surface area contributed by atoms with Gasteiger partial charge in [-0.15, -0.1) is 0 Å². The third-order valence-corrected chi connectivity index (χ3v) is 4.93. The maximum absolute atomic E-state index is 12.2. The molecule has 1 aromatic rings.